The molecule has 6 nitrogen and oxygen atoms in total. The molecule has 1 aliphatic rings. The number of unbranched alkanes of at least 4 members (excludes halogenated alkanes) is 1. The van der Waals surface area contributed by atoms with Crippen molar-refractivity contribution in [3.05, 3.63) is 23.8 Å². The Morgan fingerprint density at radius 1 is 1.19 bits per heavy atom. The third-order valence-corrected chi connectivity index (χ3v) is 4.44. The lowest BCUT2D eigenvalue weighted by atomic mass is 10.1. The highest BCUT2D eigenvalue weighted by molar-refractivity contribution is 5.90. The molecule has 0 aliphatic carbocycles. The van der Waals surface area contributed by atoms with Crippen LogP contribution in [0.4, 0.5) is 10.5 Å². The van der Waals surface area contributed by atoms with Gasteiger partial charge in [-0.1, -0.05) is 0 Å². The summed E-state index contributed by atoms with van der Waals surface area (Å²) in [6.45, 7) is 9.77. The number of benzene rings is 1. The second-order valence-corrected chi connectivity index (χ2v) is 8.02. The van der Waals surface area contributed by atoms with Crippen LogP contribution in [-0.2, 0) is 15.9 Å². The molecule has 1 aromatic carbocycles. The van der Waals surface area contributed by atoms with E-state index < -0.39 is 5.60 Å². The van der Waals surface area contributed by atoms with Gasteiger partial charge in [0, 0.05) is 20.2 Å². The van der Waals surface area contributed by atoms with Crippen LogP contribution in [0.15, 0.2) is 18.2 Å². The number of rotatable bonds is 9. The van der Waals surface area contributed by atoms with Crippen LogP contribution in [0.2, 0.25) is 0 Å². The largest absolute Gasteiger partial charge is 0.494 e. The van der Waals surface area contributed by atoms with Crippen LogP contribution in [0, 0.1) is 0 Å². The number of hydrogen-bond donors (Lipinski definition) is 0. The van der Waals surface area contributed by atoms with Crippen LogP contribution in [0.1, 0.15) is 39.2 Å². The molecule has 152 valence electrons. The highest BCUT2D eigenvalue weighted by atomic mass is 16.6. The van der Waals surface area contributed by atoms with Crippen LogP contribution >= 0.6 is 0 Å². The van der Waals surface area contributed by atoms with E-state index in [-0.39, 0.29) is 6.09 Å². The van der Waals surface area contributed by atoms with Gasteiger partial charge in [0.15, 0.2) is 0 Å². The molecule has 2 rings (SSSR count). The average molecular weight is 379 g/mol. The molecule has 0 N–H and O–H groups in total. The molecular weight excluding hydrogens is 344 g/mol. The molecule has 1 aliphatic heterocycles. The molecule has 1 aromatic rings. The number of methoxy groups -OCH3 is 1. The van der Waals surface area contributed by atoms with Gasteiger partial charge in [-0.2, -0.15) is 0 Å². The maximum atomic E-state index is 12.3. The normalized spacial score (nSPS) is 13.8. The zero-order valence-electron chi connectivity index (χ0n) is 17.4. The van der Waals surface area contributed by atoms with Crippen molar-refractivity contribution in [3.8, 4) is 5.75 Å². The summed E-state index contributed by atoms with van der Waals surface area (Å²) >= 11 is 0. The summed E-state index contributed by atoms with van der Waals surface area (Å²) in [5.74, 6) is 0.868. The van der Waals surface area contributed by atoms with Gasteiger partial charge in [-0.05, 0) is 77.4 Å². The Hall–Kier alpha value is -1.79. The second-order valence-electron chi connectivity index (χ2n) is 8.02. The van der Waals surface area contributed by atoms with Crippen LogP contribution < -0.4 is 9.64 Å². The minimum atomic E-state index is -0.486. The molecule has 0 radical (unpaired) electrons. The van der Waals surface area contributed by atoms with Gasteiger partial charge >= 0.3 is 6.09 Å². The van der Waals surface area contributed by atoms with Crippen LogP contribution in [0.25, 0.3) is 0 Å². The summed E-state index contributed by atoms with van der Waals surface area (Å²) in [5.41, 5.74) is 1.58. The van der Waals surface area contributed by atoms with E-state index in [1.165, 1.54) is 0 Å². The third kappa shape index (κ3) is 7.03. The van der Waals surface area contributed by atoms with Crippen molar-refractivity contribution in [2.24, 2.45) is 0 Å². The fraction of sp³-hybridized carbons (Fsp3) is 0.667. The molecule has 0 fully saturated rings. The van der Waals surface area contributed by atoms with Crippen molar-refractivity contribution < 1.29 is 19.0 Å². The zero-order chi connectivity index (χ0) is 19.9. The predicted molar refractivity (Wildman–Crippen MR) is 108 cm³/mol. The highest BCUT2D eigenvalue weighted by Gasteiger charge is 2.29. The van der Waals surface area contributed by atoms with E-state index in [2.05, 4.69) is 11.9 Å². The minimum Gasteiger partial charge on any atom is -0.494 e. The molecule has 1 heterocycles. The highest BCUT2D eigenvalue weighted by Crippen LogP contribution is 2.32. The average Bonchev–Trinajstić information content (AvgIpc) is 3.01. The number of anilines is 1. The number of fused-ring (bicyclic) bond motifs is 1. The first-order valence-electron chi connectivity index (χ1n) is 9.74. The quantitative estimate of drug-likeness (QED) is 0.613. The van der Waals surface area contributed by atoms with Gasteiger partial charge < -0.3 is 19.1 Å². The van der Waals surface area contributed by atoms with Gasteiger partial charge in [-0.15, -0.1) is 0 Å². The zero-order valence-corrected chi connectivity index (χ0v) is 17.4. The maximum absolute atomic E-state index is 12.3. The first kappa shape index (κ1) is 21.5. The fourth-order valence-electron chi connectivity index (χ4n) is 3.01. The molecule has 0 unspecified atom stereocenters. The Kier molecular flexibility index (Phi) is 7.92. The Labute approximate surface area is 163 Å². The Morgan fingerprint density at radius 2 is 1.96 bits per heavy atom. The van der Waals surface area contributed by atoms with E-state index in [1.807, 2.05) is 39.0 Å². The lowest BCUT2D eigenvalue weighted by Gasteiger charge is -2.24. The van der Waals surface area contributed by atoms with E-state index in [1.54, 1.807) is 12.0 Å². The monoisotopic (exact) mass is 378 g/mol. The number of nitrogens with zero attached hydrogens (tertiary/aromatic N) is 2. The number of hydrogen-bond acceptors (Lipinski definition) is 5. The van der Waals surface area contributed by atoms with Gasteiger partial charge in [-0.3, -0.25) is 4.90 Å². The van der Waals surface area contributed by atoms with Gasteiger partial charge in [0.05, 0.1) is 18.9 Å². The number of ether oxygens (including phenoxy) is 3. The number of carbonyl (C=O) groups excluding carboxylic acids is 1. The topological polar surface area (TPSA) is 51.2 Å². The Morgan fingerprint density at radius 3 is 2.67 bits per heavy atom. The van der Waals surface area contributed by atoms with Crippen molar-refractivity contribution in [3.63, 3.8) is 0 Å². The summed E-state index contributed by atoms with van der Waals surface area (Å²) < 4.78 is 16.5. The lowest BCUT2D eigenvalue weighted by Crippen LogP contribution is -2.35. The van der Waals surface area contributed by atoms with Crippen molar-refractivity contribution in [1.82, 2.24) is 4.90 Å². The van der Waals surface area contributed by atoms with E-state index in [4.69, 9.17) is 14.2 Å². The molecule has 0 saturated heterocycles. The van der Waals surface area contributed by atoms with E-state index in [0.29, 0.717) is 13.2 Å². The number of likely N-dealkylation sites (N-methyl/N-ethyl adjacent to an activating group) is 1. The molecule has 0 spiro atoms. The number of carbonyl (C=O) groups is 1. The summed E-state index contributed by atoms with van der Waals surface area (Å²) in [4.78, 5) is 16.3. The van der Waals surface area contributed by atoms with Crippen LogP contribution in [0.3, 0.4) is 0 Å². The molecule has 0 aromatic heterocycles. The van der Waals surface area contributed by atoms with E-state index in [9.17, 15) is 4.79 Å². The van der Waals surface area contributed by atoms with Gasteiger partial charge in [0.25, 0.3) is 0 Å². The van der Waals surface area contributed by atoms with Crippen LogP contribution in [0.5, 0.6) is 5.75 Å². The molecule has 0 atom stereocenters. The summed E-state index contributed by atoms with van der Waals surface area (Å²) in [6, 6.07) is 5.94. The first-order valence-corrected chi connectivity index (χ1v) is 9.74. The third-order valence-electron chi connectivity index (χ3n) is 4.44. The standard InChI is InChI=1S/C21H34N2O4/c1-21(2,3)27-20(24)23-12-10-17-16-18(8-9-19(17)23)26-14-7-6-11-22(4)13-15-25-5/h8-9,16H,6-7,10-15H2,1-5H3. The molecule has 1 amide bonds. The summed E-state index contributed by atoms with van der Waals surface area (Å²) in [6.07, 6.45) is 2.65. The van der Waals surface area contributed by atoms with Gasteiger partial charge in [0.1, 0.15) is 11.4 Å². The number of amides is 1. The van der Waals surface area contributed by atoms with Gasteiger partial charge in [0.2, 0.25) is 0 Å². The minimum absolute atomic E-state index is 0.285. The smallest absolute Gasteiger partial charge is 0.414 e. The predicted octanol–water partition coefficient (Wildman–Crippen LogP) is 3.72. The van der Waals surface area contributed by atoms with E-state index in [0.717, 1.165) is 56.0 Å². The molecular formula is C21H34N2O4. The molecule has 27 heavy (non-hydrogen) atoms. The fourth-order valence-corrected chi connectivity index (χ4v) is 3.01. The molecule has 0 bridgehead atoms. The SMILES string of the molecule is COCCN(C)CCCCOc1ccc2c(c1)CCN2C(=O)OC(C)(C)C. The lowest BCUT2D eigenvalue weighted by molar-refractivity contribution is 0.0584. The second kappa shape index (κ2) is 9.95. The Bertz CT molecular complexity index is 613. The summed E-state index contributed by atoms with van der Waals surface area (Å²) in [5, 5.41) is 0. The molecule has 6 heteroatoms. The first-order chi connectivity index (χ1) is 12.8. The van der Waals surface area contributed by atoms with Gasteiger partial charge in [-0.25, -0.2) is 4.79 Å². The van der Waals surface area contributed by atoms with Crippen molar-refractivity contribution in [2.75, 3.05) is 51.9 Å². The Balaban J connectivity index is 1.77. The van der Waals surface area contributed by atoms with Crippen LogP contribution in [-0.4, -0.2) is 63.6 Å². The summed E-state index contributed by atoms with van der Waals surface area (Å²) in [7, 11) is 3.84. The van der Waals surface area contributed by atoms with Crippen molar-refractivity contribution >= 4 is 11.8 Å². The van der Waals surface area contributed by atoms with Crippen molar-refractivity contribution in [2.45, 2.75) is 45.6 Å². The van der Waals surface area contributed by atoms with E-state index >= 15 is 0 Å². The molecule has 0 saturated carbocycles. The maximum Gasteiger partial charge on any atom is 0.414 e. The van der Waals surface area contributed by atoms with Crippen molar-refractivity contribution in [1.29, 1.82) is 0 Å².